The molecule has 3 heteroatoms. The van der Waals surface area contributed by atoms with E-state index in [1.165, 1.54) is 12.0 Å². The molecular formula is C11H15Br2N. The third-order valence-corrected chi connectivity index (χ3v) is 3.00. The van der Waals surface area contributed by atoms with Crippen LogP contribution in [0.15, 0.2) is 27.1 Å². The molecule has 0 fully saturated rings. The summed E-state index contributed by atoms with van der Waals surface area (Å²) in [7, 11) is 0. The zero-order valence-electron chi connectivity index (χ0n) is 8.48. The summed E-state index contributed by atoms with van der Waals surface area (Å²) < 4.78 is 2.24. The molecule has 0 amide bonds. The smallest absolute Gasteiger partial charge is 0.0292 e. The Morgan fingerprint density at radius 2 is 1.79 bits per heavy atom. The van der Waals surface area contributed by atoms with Crippen molar-refractivity contribution in [3.63, 3.8) is 0 Å². The maximum Gasteiger partial charge on any atom is 0.0292 e. The molecule has 0 aromatic heterocycles. The molecule has 0 aliphatic carbocycles. The minimum Gasteiger partial charge on any atom is -0.310 e. The van der Waals surface area contributed by atoms with Crippen molar-refractivity contribution in [3.05, 3.63) is 32.7 Å². The Balaban J connectivity index is 2.73. The highest BCUT2D eigenvalue weighted by Gasteiger charge is 2.05. The van der Waals surface area contributed by atoms with Gasteiger partial charge in [0.05, 0.1) is 0 Å². The first-order valence-electron chi connectivity index (χ1n) is 4.83. The van der Waals surface area contributed by atoms with Crippen LogP contribution in [-0.4, -0.2) is 6.54 Å². The van der Waals surface area contributed by atoms with Gasteiger partial charge in [-0.15, -0.1) is 0 Å². The molecule has 0 saturated heterocycles. The van der Waals surface area contributed by atoms with Crippen molar-refractivity contribution in [2.24, 2.45) is 0 Å². The molecule has 1 nitrogen and oxygen atoms in total. The summed E-state index contributed by atoms with van der Waals surface area (Å²) in [5.41, 5.74) is 1.31. The second-order valence-corrected chi connectivity index (χ2v) is 5.21. The number of hydrogen-bond acceptors (Lipinski definition) is 1. The monoisotopic (exact) mass is 319 g/mol. The zero-order valence-corrected chi connectivity index (χ0v) is 11.7. The van der Waals surface area contributed by atoms with Crippen LogP contribution in [0.2, 0.25) is 0 Å². The predicted octanol–water partition coefficient (Wildman–Crippen LogP) is 4.27. The van der Waals surface area contributed by atoms with E-state index in [0.29, 0.717) is 6.04 Å². The molecule has 14 heavy (non-hydrogen) atoms. The number of nitrogens with one attached hydrogen (secondary N) is 1. The van der Waals surface area contributed by atoms with Crippen LogP contribution in [0.25, 0.3) is 0 Å². The number of halogens is 2. The van der Waals surface area contributed by atoms with Crippen LogP contribution in [-0.2, 0) is 0 Å². The van der Waals surface area contributed by atoms with Gasteiger partial charge in [0.25, 0.3) is 0 Å². The number of benzene rings is 1. The van der Waals surface area contributed by atoms with Gasteiger partial charge in [0.15, 0.2) is 0 Å². The Morgan fingerprint density at radius 1 is 1.21 bits per heavy atom. The fourth-order valence-corrected chi connectivity index (χ4v) is 2.63. The standard InChI is InChI=1S/C11H15Br2N/c1-3-4-14-8(2)9-5-10(12)7-11(13)6-9/h5-8,14H,3-4H2,1-2H3. The van der Waals surface area contributed by atoms with Crippen LogP contribution in [0.1, 0.15) is 31.9 Å². The molecule has 0 radical (unpaired) electrons. The summed E-state index contributed by atoms with van der Waals surface area (Å²) in [5.74, 6) is 0. The van der Waals surface area contributed by atoms with Crippen LogP contribution >= 0.6 is 31.9 Å². The Morgan fingerprint density at radius 3 is 2.29 bits per heavy atom. The predicted molar refractivity (Wildman–Crippen MR) is 68.6 cm³/mol. The first-order chi connectivity index (χ1) is 6.63. The lowest BCUT2D eigenvalue weighted by Gasteiger charge is -2.14. The largest absolute Gasteiger partial charge is 0.310 e. The molecule has 0 bridgehead atoms. The molecule has 0 saturated carbocycles. The van der Waals surface area contributed by atoms with Crippen LogP contribution in [0.4, 0.5) is 0 Å². The first-order valence-corrected chi connectivity index (χ1v) is 6.41. The van der Waals surface area contributed by atoms with E-state index in [1.807, 2.05) is 0 Å². The van der Waals surface area contributed by atoms with Crippen molar-refractivity contribution in [1.29, 1.82) is 0 Å². The maximum absolute atomic E-state index is 3.49. The molecule has 1 rings (SSSR count). The molecule has 0 aliphatic rings. The van der Waals surface area contributed by atoms with E-state index >= 15 is 0 Å². The van der Waals surface area contributed by atoms with Gasteiger partial charge < -0.3 is 5.32 Å². The van der Waals surface area contributed by atoms with E-state index in [9.17, 15) is 0 Å². The van der Waals surface area contributed by atoms with Crippen molar-refractivity contribution < 1.29 is 0 Å². The summed E-state index contributed by atoms with van der Waals surface area (Å²) in [4.78, 5) is 0. The average Bonchev–Trinajstić information content (AvgIpc) is 2.12. The second kappa shape index (κ2) is 5.89. The fourth-order valence-electron chi connectivity index (χ4n) is 1.30. The van der Waals surface area contributed by atoms with Gasteiger partial charge in [-0.25, -0.2) is 0 Å². The summed E-state index contributed by atoms with van der Waals surface area (Å²) in [6.45, 7) is 5.42. The highest BCUT2D eigenvalue weighted by Crippen LogP contribution is 2.23. The van der Waals surface area contributed by atoms with Crippen molar-refractivity contribution in [3.8, 4) is 0 Å². The van der Waals surface area contributed by atoms with Gasteiger partial charge in [0, 0.05) is 15.0 Å². The van der Waals surface area contributed by atoms with Crippen molar-refractivity contribution in [2.45, 2.75) is 26.3 Å². The van der Waals surface area contributed by atoms with Gasteiger partial charge in [-0.2, -0.15) is 0 Å². The minimum atomic E-state index is 0.406. The normalized spacial score (nSPS) is 12.9. The molecule has 1 N–H and O–H groups in total. The van der Waals surface area contributed by atoms with Crippen molar-refractivity contribution in [2.75, 3.05) is 6.54 Å². The van der Waals surface area contributed by atoms with Gasteiger partial charge in [-0.05, 0) is 43.7 Å². The lowest BCUT2D eigenvalue weighted by molar-refractivity contribution is 0.570. The Kier molecular flexibility index (Phi) is 5.13. The molecular weight excluding hydrogens is 306 g/mol. The van der Waals surface area contributed by atoms with E-state index in [-0.39, 0.29) is 0 Å². The maximum atomic E-state index is 3.49. The van der Waals surface area contributed by atoms with Crippen LogP contribution in [0, 0.1) is 0 Å². The lowest BCUT2D eigenvalue weighted by atomic mass is 10.1. The summed E-state index contributed by atoms with van der Waals surface area (Å²) in [6.07, 6.45) is 1.17. The topological polar surface area (TPSA) is 12.0 Å². The Hall–Kier alpha value is 0.140. The van der Waals surface area contributed by atoms with Crippen molar-refractivity contribution in [1.82, 2.24) is 5.32 Å². The summed E-state index contributed by atoms with van der Waals surface area (Å²) in [6, 6.07) is 6.76. The average molecular weight is 321 g/mol. The zero-order chi connectivity index (χ0) is 10.6. The van der Waals surface area contributed by atoms with E-state index < -0.39 is 0 Å². The van der Waals surface area contributed by atoms with E-state index in [0.717, 1.165) is 15.5 Å². The third-order valence-electron chi connectivity index (χ3n) is 2.09. The molecule has 0 heterocycles. The second-order valence-electron chi connectivity index (χ2n) is 3.38. The molecule has 1 aromatic carbocycles. The number of hydrogen-bond donors (Lipinski definition) is 1. The van der Waals surface area contributed by atoms with E-state index in [4.69, 9.17) is 0 Å². The summed E-state index contributed by atoms with van der Waals surface area (Å²) in [5, 5.41) is 3.46. The third kappa shape index (κ3) is 3.71. The van der Waals surface area contributed by atoms with Crippen LogP contribution in [0.3, 0.4) is 0 Å². The highest BCUT2D eigenvalue weighted by molar-refractivity contribution is 9.11. The lowest BCUT2D eigenvalue weighted by Crippen LogP contribution is -2.19. The molecule has 0 spiro atoms. The van der Waals surface area contributed by atoms with Crippen molar-refractivity contribution >= 4 is 31.9 Å². The minimum absolute atomic E-state index is 0.406. The first kappa shape index (κ1) is 12.2. The van der Waals surface area contributed by atoms with Crippen LogP contribution in [0.5, 0.6) is 0 Å². The number of rotatable bonds is 4. The van der Waals surface area contributed by atoms with E-state index in [2.05, 4.69) is 69.2 Å². The molecule has 1 unspecified atom stereocenters. The SMILES string of the molecule is CCCNC(C)c1cc(Br)cc(Br)c1. The quantitative estimate of drug-likeness (QED) is 0.873. The summed E-state index contributed by atoms with van der Waals surface area (Å²) >= 11 is 6.98. The Labute approximate surface area is 103 Å². The van der Waals surface area contributed by atoms with Gasteiger partial charge >= 0.3 is 0 Å². The highest BCUT2D eigenvalue weighted by atomic mass is 79.9. The molecule has 0 aliphatic heterocycles. The van der Waals surface area contributed by atoms with Gasteiger partial charge in [-0.1, -0.05) is 38.8 Å². The van der Waals surface area contributed by atoms with Gasteiger partial charge in [0.1, 0.15) is 0 Å². The van der Waals surface area contributed by atoms with E-state index in [1.54, 1.807) is 0 Å². The fraction of sp³-hybridized carbons (Fsp3) is 0.455. The molecule has 1 atom stereocenters. The van der Waals surface area contributed by atoms with Gasteiger partial charge in [-0.3, -0.25) is 0 Å². The van der Waals surface area contributed by atoms with Crippen LogP contribution < -0.4 is 5.32 Å². The molecule has 1 aromatic rings. The molecule has 78 valence electrons. The Bertz CT molecular complexity index is 279. The van der Waals surface area contributed by atoms with Gasteiger partial charge in [0.2, 0.25) is 0 Å².